The van der Waals surface area contributed by atoms with Gasteiger partial charge in [-0.1, -0.05) is 109 Å². The second-order valence-corrected chi connectivity index (χ2v) is 14.0. The molecule has 0 radical (unpaired) electrons. The van der Waals surface area contributed by atoms with E-state index < -0.39 is 0 Å². The standard InChI is InChI=1S/C42H24N4S2/c1-2-10-25(11-3-1)38-40-39(31-14-6-9-17-35(31)48-40)46-41(45-38)27-20-18-26(19-21-27)37-30-13-4-7-15-33(30)43-42(44-37)28-22-23-36-32(24-28)29-12-5-8-16-34(29)47-36/h1-24H. The molecule has 0 fully saturated rings. The van der Waals surface area contributed by atoms with Crippen molar-refractivity contribution in [2.24, 2.45) is 0 Å². The highest BCUT2D eigenvalue weighted by atomic mass is 32.1. The van der Waals surface area contributed by atoms with Crippen molar-refractivity contribution in [3.8, 4) is 45.3 Å². The second-order valence-electron chi connectivity index (χ2n) is 11.8. The number of nitrogens with zero attached hydrogens (tertiary/aromatic N) is 4. The van der Waals surface area contributed by atoms with E-state index >= 15 is 0 Å². The van der Waals surface area contributed by atoms with E-state index in [1.54, 1.807) is 11.3 Å². The number of thiophene rings is 2. The summed E-state index contributed by atoms with van der Waals surface area (Å²) in [5, 5.41) is 4.68. The fraction of sp³-hybridized carbons (Fsp3) is 0. The molecule has 224 valence electrons. The van der Waals surface area contributed by atoms with Crippen molar-refractivity contribution in [3.05, 3.63) is 146 Å². The third-order valence-electron chi connectivity index (χ3n) is 8.92. The molecule has 4 nitrogen and oxygen atoms in total. The number of rotatable bonds is 4. The number of aromatic nitrogens is 4. The van der Waals surface area contributed by atoms with Crippen LogP contribution in [0.15, 0.2) is 146 Å². The van der Waals surface area contributed by atoms with Crippen LogP contribution in [0.1, 0.15) is 0 Å². The molecule has 0 aliphatic heterocycles. The maximum atomic E-state index is 5.20. The van der Waals surface area contributed by atoms with E-state index in [0.29, 0.717) is 5.82 Å². The molecule has 10 rings (SSSR count). The number of fused-ring (bicyclic) bond motifs is 7. The minimum absolute atomic E-state index is 0.709. The summed E-state index contributed by atoms with van der Waals surface area (Å²) in [5.41, 5.74) is 7.85. The fourth-order valence-corrected chi connectivity index (χ4v) is 8.82. The van der Waals surface area contributed by atoms with E-state index in [4.69, 9.17) is 19.9 Å². The Kier molecular flexibility index (Phi) is 6.19. The van der Waals surface area contributed by atoms with Crippen LogP contribution in [0.5, 0.6) is 0 Å². The molecule has 4 aromatic heterocycles. The quantitative estimate of drug-likeness (QED) is 0.191. The summed E-state index contributed by atoms with van der Waals surface area (Å²) < 4.78 is 4.87. The zero-order valence-electron chi connectivity index (χ0n) is 25.5. The van der Waals surface area contributed by atoms with Gasteiger partial charge in [-0.25, -0.2) is 19.9 Å². The van der Waals surface area contributed by atoms with Crippen LogP contribution in [-0.4, -0.2) is 19.9 Å². The molecule has 6 heteroatoms. The molecule has 6 aromatic carbocycles. The normalized spacial score (nSPS) is 11.8. The number of para-hydroxylation sites is 1. The Labute approximate surface area is 283 Å². The van der Waals surface area contributed by atoms with E-state index in [1.807, 2.05) is 29.5 Å². The van der Waals surface area contributed by atoms with Crippen LogP contribution < -0.4 is 0 Å². The van der Waals surface area contributed by atoms with Crippen LogP contribution in [0.4, 0.5) is 0 Å². The number of hydrogen-bond acceptors (Lipinski definition) is 6. The van der Waals surface area contributed by atoms with Crippen molar-refractivity contribution in [1.82, 2.24) is 19.9 Å². The molecular formula is C42H24N4S2. The van der Waals surface area contributed by atoms with E-state index in [1.165, 1.54) is 24.9 Å². The predicted octanol–water partition coefficient (Wildman–Crippen LogP) is 11.8. The van der Waals surface area contributed by atoms with E-state index in [9.17, 15) is 0 Å². The Bertz CT molecular complexity index is 2840. The maximum Gasteiger partial charge on any atom is 0.160 e. The van der Waals surface area contributed by atoms with Gasteiger partial charge in [0.2, 0.25) is 0 Å². The molecule has 0 unspecified atom stereocenters. The van der Waals surface area contributed by atoms with Crippen molar-refractivity contribution >= 4 is 74.1 Å². The van der Waals surface area contributed by atoms with Crippen LogP contribution in [0.3, 0.4) is 0 Å². The molecule has 0 spiro atoms. The third-order valence-corrected chi connectivity index (χ3v) is 11.2. The molecule has 0 bridgehead atoms. The van der Waals surface area contributed by atoms with Gasteiger partial charge in [0.15, 0.2) is 11.6 Å². The fourth-order valence-electron chi connectivity index (χ4n) is 6.58. The maximum absolute atomic E-state index is 5.20. The highest BCUT2D eigenvalue weighted by Crippen LogP contribution is 2.40. The lowest BCUT2D eigenvalue weighted by molar-refractivity contribution is 1.23. The van der Waals surface area contributed by atoms with Gasteiger partial charge in [0.25, 0.3) is 0 Å². The van der Waals surface area contributed by atoms with Crippen LogP contribution in [0.2, 0.25) is 0 Å². The first kappa shape index (κ1) is 27.3. The van der Waals surface area contributed by atoms with Gasteiger partial charge in [0.05, 0.1) is 27.1 Å². The SMILES string of the molecule is c1ccc(-c2nc(-c3ccc(-c4nc(-c5ccc6sc7ccccc7c6c5)nc5ccccc45)cc3)nc3c2sc2ccccc23)cc1. The first-order valence-corrected chi connectivity index (χ1v) is 17.4. The first-order valence-electron chi connectivity index (χ1n) is 15.8. The zero-order valence-corrected chi connectivity index (χ0v) is 27.1. The van der Waals surface area contributed by atoms with Crippen molar-refractivity contribution in [2.75, 3.05) is 0 Å². The van der Waals surface area contributed by atoms with Gasteiger partial charge in [-0.15, -0.1) is 22.7 Å². The van der Waals surface area contributed by atoms with Crippen molar-refractivity contribution < 1.29 is 0 Å². The molecule has 0 atom stereocenters. The predicted molar refractivity (Wildman–Crippen MR) is 203 cm³/mol. The molecule has 0 saturated carbocycles. The van der Waals surface area contributed by atoms with Crippen molar-refractivity contribution in [2.45, 2.75) is 0 Å². The Morgan fingerprint density at radius 2 is 0.938 bits per heavy atom. The van der Waals surface area contributed by atoms with Crippen molar-refractivity contribution in [3.63, 3.8) is 0 Å². The molecule has 0 amide bonds. The molecule has 48 heavy (non-hydrogen) atoms. The summed E-state index contributed by atoms with van der Waals surface area (Å²) in [7, 11) is 0. The molecule has 4 heterocycles. The van der Waals surface area contributed by atoms with Crippen LogP contribution >= 0.6 is 22.7 Å². The van der Waals surface area contributed by atoms with E-state index in [2.05, 4.69) is 127 Å². The summed E-state index contributed by atoms with van der Waals surface area (Å²) >= 11 is 3.57. The molecule has 0 aliphatic rings. The summed E-state index contributed by atoms with van der Waals surface area (Å²) in [6.07, 6.45) is 0. The number of benzene rings is 6. The van der Waals surface area contributed by atoms with Gasteiger partial charge in [-0.3, -0.25) is 0 Å². The average Bonchev–Trinajstić information content (AvgIpc) is 3.72. The van der Waals surface area contributed by atoms with E-state index in [0.717, 1.165) is 66.0 Å². The molecule has 10 aromatic rings. The Hall–Kier alpha value is -5.82. The topological polar surface area (TPSA) is 51.6 Å². The Morgan fingerprint density at radius 1 is 0.354 bits per heavy atom. The largest absolute Gasteiger partial charge is 0.228 e. The van der Waals surface area contributed by atoms with Gasteiger partial charge in [-0.05, 0) is 36.4 Å². The molecule has 0 N–H and O–H groups in total. The van der Waals surface area contributed by atoms with Gasteiger partial charge in [0.1, 0.15) is 0 Å². The van der Waals surface area contributed by atoms with Gasteiger partial charge < -0.3 is 0 Å². The minimum Gasteiger partial charge on any atom is -0.228 e. The minimum atomic E-state index is 0.709. The van der Waals surface area contributed by atoms with Crippen LogP contribution in [0, 0.1) is 0 Å². The highest BCUT2D eigenvalue weighted by molar-refractivity contribution is 7.26. The summed E-state index contributed by atoms with van der Waals surface area (Å²) in [4.78, 5) is 20.5. The Morgan fingerprint density at radius 3 is 1.77 bits per heavy atom. The Balaban J connectivity index is 1.11. The van der Waals surface area contributed by atoms with Gasteiger partial charge in [0, 0.05) is 57.9 Å². The number of hydrogen-bond donors (Lipinski definition) is 0. The van der Waals surface area contributed by atoms with Gasteiger partial charge in [-0.2, -0.15) is 0 Å². The third kappa shape index (κ3) is 4.42. The summed E-state index contributed by atoms with van der Waals surface area (Å²) in [5.74, 6) is 1.43. The molecular weight excluding hydrogens is 625 g/mol. The lowest BCUT2D eigenvalue weighted by Gasteiger charge is -2.11. The first-order chi connectivity index (χ1) is 23.8. The summed E-state index contributed by atoms with van der Waals surface area (Å²) in [6, 6.07) is 50.7. The van der Waals surface area contributed by atoms with Gasteiger partial charge >= 0.3 is 0 Å². The van der Waals surface area contributed by atoms with Crippen molar-refractivity contribution in [1.29, 1.82) is 0 Å². The molecule has 0 aliphatic carbocycles. The lowest BCUT2D eigenvalue weighted by Crippen LogP contribution is -1.96. The van der Waals surface area contributed by atoms with Crippen LogP contribution in [-0.2, 0) is 0 Å². The van der Waals surface area contributed by atoms with E-state index in [-0.39, 0.29) is 0 Å². The second kappa shape index (κ2) is 10.9. The monoisotopic (exact) mass is 648 g/mol. The molecule has 0 saturated heterocycles. The smallest absolute Gasteiger partial charge is 0.160 e. The van der Waals surface area contributed by atoms with Crippen LogP contribution in [0.25, 0.3) is 96.7 Å². The summed E-state index contributed by atoms with van der Waals surface area (Å²) in [6.45, 7) is 0. The average molecular weight is 649 g/mol. The highest BCUT2D eigenvalue weighted by Gasteiger charge is 2.18. The zero-order chi connectivity index (χ0) is 31.6. The lowest BCUT2D eigenvalue weighted by atomic mass is 10.0.